The maximum absolute atomic E-state index is 14.8. The van der Waals surface area contributed by atoms with E-state index in [1.165, 1.54) is 36.7 Å². The molecule has 2 aromatic carbocycles. The molecular weight excluding hydrogens is 481 g/mol. The van der Waals surface area contributed by atoms with Crippen molar-refractivity contribution in [3.63, 3.8) is 0 Å². The predicted molar refractivity (Wildman–Crippen MR) is 143 cm³/mol. The Bertz CT molecular complexity index is 1630. The molecule has 2 fully saturated rings. The lowest BCUT2D eigenvalue weighted by molar-refractivity contribution is 0.325. The minimum Gasteiger partial charge on any atom is -0.494 e. The van der Waals surface area contributed by atoms with Crippen molar-refractivity contribution in [2.75, 3.05) is 7.11 Å². The quantitative estimate of drug-likeness (QED) is 0.398. The average Bonchev–Trinajstić information content (AvgIpc) is 3.37. The van der Waals surface area contributed by atoms with Crippen molar-refractivity contribution >= 4 is 10.9 Å². The van der Waals surface area contributed by atoms with Gasteiger partial charge in [0.2, 0.25) is 0 Å². The summed E-state index contributed by atoms with van der Waals surface area (Å²) in [6, 6.07) is 14.0. The van der Waals surface area contributed by atoms with Gasteiger partial charge in [0.15, 0.2) is 11.6 Å². The molecule has 0 amide bonds. The molecule has 0 radical (unpaired) electrons. The van der Waals surface area contributed by atoms with Gasteiger partial charge >= 0.3 is 0 Å². The average molecular weight is 510 g/mol. The molecule has 7 nitrogen and oxygen atoms in total. The number of pyridine rings is 1. The molecule has 3 atom stereocenters. The van der Waals surface area contributed by atoms with Gasteiger partial charge < -0.3 is 10.1 Å². The molecule has 1 aliphatic heterocycles. The zero-order chi connectivity index (χ0) is 26.4. The van der Waals surface area contributed by atoms with Crippen LogP contribution >= 0.6 is 0 Å². The van der Waals surface area contributed by atoms with E-state index in [4.69, 9.17) is 9.72 Å². The lowest BCUT2D eigenvalue weighted by atomic mass is 9.85. The van der Waals surface area contributed by atoms with Gasteiger partial charge in [-0.3, -0.25) is 14.3 Å². The minimum absolute atomic E-state index is 0.100. The molecule has 0 unspecified atom stereocenters. The van der Waals surface area contributed by atoms with E-state index in [9.17, 15) is 14.4 Å². The molecule has 0 bridgehead atoms. The zero-order valence-electron chi connectivity index (χ0n) is 21.4. The SMILES string of the molecule is COc1ccc(-n2c([C@@H]3C[C@@H]4CCCC[C@@H]4N3)nc3c(-c4ccc(C)nc4)cc(C#N)cc3c2=O)cc1F. The second kappa shape index (κ2) is 9.66. The largest absolute Gasteiger partial charge is 0.494 e. The summed E-state index contributed by atoms with van der Waals surface area (Å²) in [7, 11) is 1.41. The maximum atomic E-state index is 14.8. The third-order valence-corrected chi connectivity index (χ3v) is 7.92. The van der Waals surface area contributed by atoms with Gasteiger partial charge in [-0.25, -0.2) is 9.37 Å². The second-order valence-electron chi connectivity index (χ2n) is 10.3. The number of halogens is 1. The van der Waals surface area contributed by atoms with Crippen molar-refractivity contribution < 1.29 is 9.13 Å². The molecule has 2 aromatic heterocycles. The number of rotatable bonds is 4. The topological polar surface area (TPSA) is 92.8 Å². The fourth-order valence-electron chi connectivity index (χ4n) is 6.01. The van der Waals surface area contributed by atoms with Crippen molar-refractivity contribution in [3.8, 4) is 28.6 Å². The van der Waals surface area contributed by atoms with Crippen molar-refractivity contribution in [2.45, 2.75) is 51.1 Å². The molecule has 0 spiro atoms. The van der Waals surface area contributed by atoms with E-state index in [-0.39, 0.29) is 17.4 Å². The summed E-state index contributed by atoms with van der Waals surface area (Å²) in [5.41, 5.74) is 3.20. The molecule has 2 aliphatic rings. The number of nitriles is 1. The lowest BCUT2D eigenvalue weighted by Gasteiger charge is -2.24. The van der Waals surface area contributed by atoms with Crippen LogP contribution in [0.3, 0.4) is 0 Å². The molecule has 4 aromatic rings. The first-order valence-electron chi connectivity index (χ1n) is 13.0. The van der Waals surface area contributed by atoms with Crippen molar-refractivity contribution in [1.29, 1.82) is 5.26 Å². The van der Waals surface area contributed by atoms with Crippen molar-refractivity contribution in [3.05, 3.63) is 81.9 Å². The van der Waals surface area contributed by atoms with E-state index in [0.29, 0.717) is 45.5 Å². The zero-order valence-corrected chi connectivity index (χ0v) is 21.4. The smallest absolute Gasteiger partial charge is 0.266 e. The van der Waals surface area contributed by atoms with Crippen LogP contribution in [0.25, 0.3) is 27.7 Å². The van der Waals surface area contributed by atoms with Crippen LogP contribution in [0.1, 0.15) is 55.2 Å². The minimum atomic E-state index is -0.562. The number of ether oxygens (including phenoxy) is 1. The van der Waals surface area contributed by atoms with Crippen molar-refractivity contribution in [1.82, 2.24) is 19.9 Å². The summed E-state index contributed by atoms with van der Waals surface area (Å²) in [6.07, 6.45) is 7.23. The molecule has 3 heterocycles. The molecular formula is C30H28FN5O2. The second-order valence-corrected chi connectivity index (χ2v) is 10.3. The highest BCUT2D eigenvalue weighted by molar-refractivity contribution is 5.94. The Morgan fingerprint density at radius 2 is 2.00 bits per heavy atom. The Hall–Kier alpha value is -4.09. The summed E-state index contributed by atoms with van der Waals surface area (Å²) < 4.78 is 21.4. The van der Waals surface area contributed by atoms with Gasteiger partial charge in [0.25, 0.3) is 5.56 Å². The van der Waals surface area contributed by atoms with Crippen molar-refractivity contribution in [2.24, 2.45) is 5.92 Å². The molecule has 1 saturated heterocycles. The normalized spacial score (nSPS) is 20.7. The van der Waals surface area contributed by atoms with Crippen LogP contribution in [-0.2, 0) is 0 Å². The van der Waals surface area contributed by atoms with Crippen LogP contribution in [0.2, 0.25) is 0 Å². The van der Waals surface area contributed by atoms with Crippen LogP contribution in [0, 0.1) is 30.0 Å². The first-order chi connectivity index (χ1) is 18.5. The van der Waals surface area contributed by atoms with Crippen LogP contribution in [0.15, 0.2) is 53.5 Å². The number of fused-ring (bicyclic) bond motifs is 2. The summed E-state index contributed by atoms with van der Waals surface area (Å²) in [6.45, 7) is 1.90. The number of aromatic nitrogens is 3. The molecule has 1 saturated carbocycles. The third-order valence-electron chi connectivity index (χ3n) is 7.92. The van der Waals surface area contributed by atoms with E-state index >= 15 is 0 Å². The molecule has 192 valence electrons. The summed E-state index contributed by atoms with van der Waals surface area (Å²) in [5, 5.41) is 13.8. The van der Waals surface area contributed by atoms with Crippen LogP contribution in [0.5, 0.6) is 5.75 Å². The molecule has 1 aliphatic carbocycles. The van der Waals surface area contributed by atoms with E-state index in [2.05, 4.69) is 16.4 Å². The highest BCUT2D eigenvalue weighted by Crippen LogP contribution is 2.40. The van der Waals surface area contributed by atoms with E-state index in [1.807, 2.05) is 19.1 Å². The van der Waals surface area contributed by atoms with Gasteiger partial charge in [0, 0.05) is 35.1 Å². The van der Waals surface area contributed by atoms with Gasteiger partial charge in [-0.1, -0.05) is 18.9 Å². The van der Waals surface area contributed by atoms with Crippen LogP contribution < -0.4 is 15.6 Å². The van der Waals surface area contributed by atoms with Gasteiger partial charge in [-0.15, -0.1) is 0 Å². The lowest BCUT2D eigenvalue weighted by Crippen LogP contribution is -2.33. The highest BCUT2D eigenvalue weighted by atomic mass is 19.1. The number of methoxy groups -OCH3 is 1. The Morgan fingerprint density at radius 1 is 1.16 bits per heavy atom. The molecule has 8 heteroatoms. The van der Waals surface area contributed by atoms with Crippen LogP contribution in [-0.4, -0.2) is 27.7 Å². The number of benzene rings is 2. The maximum Gasteiger partial charge on any atom is 0.266 e. The van der Waals surface area contributed by atoms with E-state index in [0.717, 1.165) is 30.5 Å². The van der Waals surface area contributed by atoms with Gasteiger partial charge in [-0.05, 0) is 62.4 Å². The standard InChI is InChI=1S/C30H28FN5O2/c1-17-7-8-20(16-33-17)22-11-18(15-32)12-23-28(22)35-29(26-13-19-5-3-4-6-25(19)34-26)36(30(23)37)21-9-10-27(38-2)24(31)14-21/h7-12,14,16,19,25-26,34H,3-6,13H2,1-2H3/t19-,25-,26-/m0/s1. The van der Waals surface area contributed by atoms with Gasteiger partial charge in [0.1, 0.15) is 5.82 Å². The number of nitrogens with zero attached hydrogens (tertiary/aromatic N) is 4. The molecule has 38 heavy (non-hydrogen) atoms. The summed E-state index contributed by atoms with van der Waals surface area (Å²) in [4.78, 5) is 23.7. The number of aryl methyl sites for hydroxylation is 1. The Morgan fingerprint density at radius 3 is 2.71 bits per heavy atom. The Labute approximate surface area is 219 Å². The van der Waals surface area contributed by atoms with Crippen LogP contribution in [0.4, 0.5) is 4.39 Å². The number of hydrogen-bond donors (Lipinski definition) is 1. The first-order valence-corrected chi connectivity index (χ1v) is 13.0. The van der Waals surface area contributed by atoms with E-state index in [1.54, 1.807) is 24.4 Å². The Balaban J connectivity index is 1.63. The molecule has 1 N–H and O–H groups in total. The fraction of sp³-hybridized carbons (Fsp3) is 0.333. The monoisotopic (exact) mass is 509 g/mol. The predicted octanol–water partition coefficient (Wildman–Crippen LogP) is 5.37. The van der Waals surface area contributed by atoms with Gasteiger partial charge in [0.05, 0.1) is 41.4 Å². The highest BCUT2D eigenvalue weighted by Gasteiger charge is 2.38. The summed E-state index contributed by atoms with van der Waals surface area (Å²) in [5.74, 6) is 0.604. The molecule has 6 rings (SSSR count). The van der Waals surface area contributed by atoms with E-state index < -0.39 is 5.82 Å². The fourth-order valence-corrected chi connectivity index (χ4v) is 6.01. The van der Waals surface area contributed by atoms with Gasteiger partial charge in [-0.2, -0.15) is 5.26 Å². The number of hydrogen-bond acceptors (Lipinski definition) is 6. The number of nitrogens with one attached hydrogen (secondary N) is 1. The summed E-state index contributed by atoms with van der Waals surface area (Å²) >= 11 is 0. The first kappa shape index (κ1) is 24.3. The Kier molecular flexibility index (Phi) is 6.16. The third kappa shape index (κ3) is 4.13.